The summed E-state index contributed by atoms with van der Waals surface area (Å²) >= 11 is 0. The molecule has 0 radical (unpaired) electrons. The van der Waals surface area contributed by atoms with Gasteiger partial charge in [0.2, 0.25) is 10.0 Å². The molecule has 0 saturated heterocycles. The first-order valence-electron chi connectivity index (χ1n) is 11.0. The van der Waals surface area contributed by atoms with Crippen LogP contribution in [0.15, 0.2) is 78.9 Å². The Bertz CT molecular complexity index is 1190. The number of anilines is 1. The third-order valence-corrected chi connectivity index (χ3v) is 6.91. The van der Waals surface area contributed by atoms with E-state index in [0.717, 1.165) is 24.8 Å². The first kappa shape index (κ1) is 22.9. The fourth-order valence-electron chi connectivity index (χ4n) is 4.15. The molecule has 4 rings (SSSR count). The van der Waals surface area contributed by atoms with Crippen LogP contribution in [0, 0.1) is 0 Å². The van der Waals surface area contributed by atoms with E-state index in [1.165, 1.54) is 21.7 Å². The van der Waals surface area contributed by atoms with Gasteiger partial charge in [-0.1, -0.05) is 54.6 Å². The van der Waals surface area contributed by atoms with Gasteiger partial charge in [-0.05, 0) is 60.2 Å². The molecular formula is C26H28N2O4S. The van der Waals surface area contributed by atoms with Gasteiger partial charge in [-0.2, -0.15) is 0 Å². The van der Waals surface area contributed by atoms with Gasteiger partial charge in [-0.25, -0.2) is 8.42 Å². The van der Waals surface area contributed by atoms with E-state index in [2.05, 4.69) is 17.4 Å². The number of amides is 1. The van der Waals surface area contributed by atoms with Crippen LogP contribution < -0.4 is 14.4 Å². The number of fused-ring (bicyclic) bond motifs is 1. The minimum Gasteiger partial charge on any atom is -0.484 e. The highest BCUT2D eigenvalue weighted by Gasteiger charge is 2.22. The van der Waals surface area contributed by atoms with Crippen molar-refractivity contribution in [3.8, 4) is 5.75 Å². The summed E-state index contributed by atoms with van der Waals surface area (Å²) in [5, 5.41) is 3.07. The van der Waals surface area contributed by atoms with E-state index in [4.69, 9.17) is 4.74 Å². The molecule has 0 heterocycles. The number of hydrogen-bond acceptors (Lipinski definition) is 4. The molecule has 7 heteroatoms. The van der Waals surface area contributed by atoms with Crippen molar-refractivity contribution in [2.24, 2.45) is 0 Å². The molecule has 0 unspecified atom stereocenters. The number of carbonyl (C=O) groups is 1. The van der Waals surface area contributed by atoms with Crippen LogP contribution in [0.1, 0.15) is 35.6 Å². The summed E-state index contributed by atoms with van der Waals surface area (Å²) in [6, 6.07) is 24.4. The third-order valence-electron chi connectivity index (χ3n) is 5.77. The Morgan fingerprint density at radius 1 is 1.00 bits per heavy atom. The molecule has 172 valence electrons. The van der Waals surface area contributed by atoms with Gasteiger partial charge in [-0.3, -0.25) is 9.10 Å². The minimum absolute atomic E-state index is 0.00901. The van der Waals surface area contributed by atoms with Crippen LogP contribution >= 0.6 is 0 Å². The second-order valence-corrected chi connectivity index (χ2v) is 10.2. The van der Waals surface area contributed by atoms with Gasteiger partial charge in [-0.15, -0.1) is 0 Å². The number of sulfonamides is 1. The maximum absolute atomic E-state index is 12.5. The number of nitrogens with zero attached hydrogens (tertiary/aromatic N) is 1. The SMILES string of the molecule is CS(=O)(=O)N(Cc1ccccc1)c1ccc(OCC(=O)N[C@@H]2CCCc3ccccc32)cc1. The highest BCUT2D eigenvalue weighted by Crippen LogP contribution is 2.29. The minimum atomic E-state index is -3.47. The van der Waals surface area contributed by atoms with Crippen LogP contribution in [0.3, 0.4) is 0 Å². The van der Waals surface area contributed by atoms with Crippen molar-refractivity contribution in [2.75, 3.05) is 17.2 Å². The Morgan fingerprint density at radius 2 is 1.70 bits per heavy atom. The molecule has 0 bridgehead atoms. The summed E-state index contributed by atoms with van der Waals surface area (Å²) in [5.74, 6) is 0.328. The fourth-order valence-corrected chi connectivity index (χ4v) is 5.03. The molecule has 1 aliphatic carbocycles. The van der Waals surface area contributed by atoms with Gasteiger partial charge in [0.1, 0.15) is 5.75 Å². The molecule has 3 aromatic rings. The summed E-state index contributed by atoms with van der Waals surface area (Å²) in [5.41, 5.74) is 3.90. The van der Waals surface area contributed by atoms with Gasteiger partial charge >= 0.3 is 0 Å². The molecule has 33 heavy (non-hydrogen) atoms. The summed E-state index contributed by atoms with van der Waals surface area (Å²) in [4.78, 5) is 12.5. The number of nitrogens with one attached hydrogen (secondary N) is 1. The number of benzene rings is 3. The molecule has 1 atom stereocenters. The van der Waals surface area contributed by atoms with Crippen LogP contribution in [0.25, 0.3) is 0 Å². The van der Waals surface area contributed by atoms with Crippen molar-refractivity contribution < 1.29 is 17.9 Å². The highest BCUT2D eigenvalue weighted by atomic mass is 32.2. The van der Waals surface area contributed by atoms with E-state index < -0.39 is 10.0 Å². The lowest BCUT2D eigenvalue weighted by Crippen LogP contribution is -2.34. The number of hydrogen-bond donors (Lipinski definition) is 1. The topological polar surface area (TPSA) is 75.7 Å². The summed E-state index contributed by atoms with van der Waals surface area (Å²) in [6.45, 7) is 0.142. The highest BCUT2D eigenvalue weighted by molar-refractivity contribution is 7.92. The zero-order chi connectivity index (χ0) is 23.3. The van der Waals surface area contributed by atoms with Crippen LogP contribution in [0.5, 0.6) is 5.75 Å². The Kier molecular flexibility index (Phi) is 6.99. The monoisotopic (exact) mass is 464 g/mol. The average molecular weight is 465 g/mol. The van der Waals surface area contributed by atoms with Gasteiger partial charge < -0.3 is 10.1 Å². The molecule has 0 fully saturated rings. The normalized spacial score (nSPS) is 15.4. The third kappa shape index (κ3) is 5.93. The van der Waals surface area contributed by atoms with Crippen molar-refractivity contribution in [3.05, 3.63) is 95.6 Å². The molecule has 0 aromatic heterocycles. The molecule has 1 aliphatic rings. The summed E-state index contributed by atoms with van der Waals surface area (Å²) in [7, 11) is -3.47. The lowest BCUT2D eigenvalue weighted by atomic mass is 9.88. The van der Waals surface area contributed by atoms with Gasteiger partial charge in [0.15, 0.2) is 6.61 Å². The standard InChI is InChI=1S/C26H28N2O4S/c1-33(30,31)28(18-20-8-3-2-4-9-20)22-14-16-23(17-15-22)32-19-26(29)27-25-13-7-11-21-10-5-6-12-24(21)25/h2-6,8-10,12,14-17,25H,7,11,13,18-19H2,1H3,(H,27,29)/t25-/m1/s1. The summed E-state index contributed by atoms with van der Waals surface area (Å²) in [6.07, 6.45) is 4.19. The van der Waals surface area contributed by atoms with E-state index in [-0.39, 0.29) is 25.1 Å². The van der Waals surface area contributed by atoms with Crippen LogP contribution in [0.2, 0.25) is 0 Å². The number of aryl methyl sites for hydroxylation is 1. The van der Waals surface area contributed by atoms with Gasteiger partial charge in [0.05, 0.1) is 24.5 Å². The summed E-state index contributed by atoms with van der Waals surface area (Å²) < 4.78 is 31.7. The largest absolute Gasteiger partial charge is 0.484 e. The van der Waals surface area contributed by atoms with E-state index >= 15 is 0 Å². The second-order valence-electron chi connectivity index (χ2n) is 8.25. The van der Waals surface area contributed by atoms with Crippen LogP contribution in [-0.4, -0.2) is 27.2 Å². The smallest absolute Gasteiger partial charge is 0.258 e. The van der Waals surface area contributed by atoms with Crippen molar-refractivity contribution in [1.29, 1.82) is 0 Å². The molecule has 1 N–H and O–H groups in total. The predicted octanol–water partition coefficient (Wildman–Crippen LogP) is 4.23. The van der Waals surface area contributed by atoms with Gasteiger partial charge in [0, 0.05) is 0 Å². The maximum Gasteiger partial charge on any atom is 0.258 e. The zero-order valence-corrected chi connectivity index (χ0v) is 19.4. The number of ether oxygens (including phenoxy) is 1. The lowest BCUT2D eigenvalue weighted by Gasteiger charge is -2.26. The Morgan fingerprint density at radius 3 is 2.42 bits per heavy atom. The molecule has 6 nitrogen and oxygen atoms in total. The Balaban J connectivity index is 1.37. The van der Waals surface area contributed by atoms with Crippen molar-refractivity contribution in [3.63, 3.8) is 0 Å². The molecule has 1 amide bonds. The molecule has 3 aromatic carbocycles. The second kappa shape index (κ2) is 10.1. The van der Waals surface area contributed by atoms with Crippen molar-refractivity contribution in [2.45, 2.75) is 31.8 Å². The van der Waals surface area contributed by atoms with E-state index in [0.29, 0.717) is 11.4 Å². The fraction of sp³-hybridized carbons (Fsp3) is 0.269. The van der Waals surface area contributed by atoms with Crippen LogP contribution in [-0.2, 0) is 27.8 Å². The zero-order valence-electron chi connectivity index (χ0n) is 18.6. The van der Waals surface area contributed by atoms with Crippen molar-refractivity contribution in [1.82, 2.24) is 5.32 Å². The Hall–Kier alpha value is -3.32. The molecular weight excluding hydrogens is 436 g/mol. The van der Waals surface area contributed by atoms with Gasteiger partial charge in [0.25, 0.3) is 5.91 Å². The van der Waals surface area contributed by atoms with E-state index in [9.17, 15) is 13.2 Å². The number of carbonyl (C=O) groups excluding carboxylic acids is 1. The molecule has 0 spiro atoms. The lowest BCUT2D eigenvalue weighted by molar-refractivity contribution is -0.123. The first-order chi connectivity index (χ1) is 15.9. The first-order valence-corrected chi connectivity index (χ1v) is 12.9. The Labute approximate surface area is 195 Å². The predicted molar refractivity (Wildman–Crippen MR) is 130 cm³/mol. The van der Waals surface area contributed by atoms with E-state index in [1.54, 1.807) is 24.3 Å². The average Bonchev–Trinajstić information content (AvgIpc) is 2.82. The van der Waals surface area contributed by atoms with E-state index in [1.807, 2.05) is 42.5 Å². The van der Waals surface area contributed by atoms with Crippen LogP contribution in [0.4, 0.5) is 5.69 Å². The molecule has 0 aliphatic heterocycles. The van der Waals surface area contributed by atoms with Crippen molar-refractivity contribution >= 4 is 21.6 Å². The number of rotatable bonds is 8. The maximum atomic E-state index is 12.5. The molecule has 0 saturated carbocycles. The quantitative estimate of drug-likeness (QED) is 0.541.